The molecule has 72 heavy (non-hydrogen) atoms. The molecule has 0 unspecified atom stereocenters. The maximum Gasteiger partial charge on any atom is 0.348 e. The minimum atomic E-state index is -0.648. The van der Waals surface area contributed by atoms with Crippen LogP contribution in [-0.4, -0.2) is 127 Å². The van der Waals surface area contributed by atoms with Crippen LogP contribution in [0, 0.1) is 28.7 Å². The molecular weight excluding hydrogens is 955 g/mol. The number of piperazine rings is 1. The van der Waals surface area contributed by atoms with Crippen LogP contribution >= 0.6 is 11.3 Å². The van der Waals surface area contributed by atoms with Gasteiger partial charge in [-0.3, -0.25) is 44.6 Å². The molecule has 0 radical (unpaired) electrons. The van der Waals surface area contributed by atoms with Crippen LogP contribution in [0.3, 0.4) is 0 Å². The largest absolute Gasteiger partial charge is 0.383 e. The highest BCUT2D eigenvalue weighted by atomic mass is 32.1. The van der Waals surface area contributed by atoms with Crippen LogP contribution in [0.1, 0.15) is 57.3 Å². The molecule has 0 spiro atoms. The third-order valence-corrected chi connectivity index (χ3v) is 13.0. The normalized spacial score (nSPS) is 14.2. The summed E-state index contributed by atoms with van der Waals surface area (Å²) >= 11 is 0.740. The second-order valence-corrected chi connectivity index (χ2v) is 18.3. The van der Waals surface area contributed by atoms with E-state index >= 15 is 0 Å². The van der Waals surface area contributed by atoms with Gasteiger partial charge in [-0.05, 0) is 109 Å². The zero-order chi connectivity index (χ0) is 50.7. The van der Waals surface area contributed by atoms with Gasteiger partial charge in [-0.1, -0.05) is 6.07 Å². The number of amides is 4. The summed E-state index contributed by atoms with van der Waals surface area (Å²) in [5.41, 5.74) is 5.20. The monoisotopic (exact) mass is 1010 g/mol. The summed E-state index contributed by atoms with van der Waals surface area (Å²) in [6.07, 6.45) is 1.86. The van der Waals surface area contributed by atoms with Gasteiger partial charge < -0.3 is 41.0 Å². The number of carbonyl (C=O) groups is 4. The number of hydrogen-bond donors (Lipinski definition) is 7. The SMILES string of the molecule is CC(=O)Nc1cc(NCCOCCNC(=O)CN2CCN(c3ccc(C(=O)Nc4n[nH]c5ccc(Cc6cc(F)cc(F)c6)cc45)c(NC4CCOCC4)c3)CC2)ccc1C(=O)Nc1nc(C)c([N+](=O)[O-])s1. The number of H-pyrrole nitrogens is 1. The number of aromatic amines is 1. The number of carbonyl (C=O) groups excluding carboxylic acids is 4. The highest BCUT2D eigenvalue weighted by Crippen LogP contribution is 2.32. The molecule has 0 bridgehead atoms. The Balaban J connectivity index is 0.786. The van der Waals surface area contributed by atoms with Crippen LogP contribution in [0.15, 0.2) is 72.8 Å². The zero-order valence-corrected chi connectivity index (χ0v) is 40.4. The molecule has 2 aliphatic heterocycles. The van der Waals surface area contributed by atoms with Crippen LogP contribution in [-0.2, 0) is 25.5 Å². The van der Waals surface area contributed by atoms with Gasteiger partial charge >= 0.3 is 5.00 Å². The number of halogens is 2. The second-order valence-electron chi connectivity index (χ2n) is 17.3. The van der Waals surface area contributed by atoms with Crippen LogP contribution in [0.4, 0.5) is 47.5 Å². The van der Waals surface area contributed by atoms with Crippen molar-refractivity contribution in [1.82, 2.24) is 25.4 Å². The van der Waals surface area contributed by atoms with Crippen molar-refractivity contribution in [2.24, 2.45) is 0 Å². The van der Waals surface area contributed by atoms with Crippen LogP contribution in [0.2, 0.25) is 0 Å². The molecule has 2 aliphatic rings. The Morgan fingerprint density at radius 3 is 2.32 bits per heavy atom. The molecule has 4 aromatic carbocycles. The summed E-state index contributed by atoms with van der Waals surface area (Å²) < 4.78 is 39.1. The average molecular weight is 1010 g/mol. The fourth-order valence-electron chi connectivity index (χ4n) is 8.47. The quantitative estimate of drug-likeness (QED) is 0.0244. The maximum atomic E-state index is 14.0. The van der Waals surface area contributed by atoms with E-state index in [1.807, 2.05) is 30.3 Å². The summed E-state index contributed by atoms with van der Waals surface area (Å²) in [4.78, 5) is 70.9. The van der Waals surface area contributed by atoms with E-state index in [9.17, 15) is 38.1 Å². The molecule has 2 fully saturated rings. The highest BCUT2D eigenvalue weighted by molar-refractivity contribution is 7.19. The molecular formula is C49H54F2N12O8S. The third kappa shape index (κ3) is 13.4. The van der Waals surface area contributed by atoms with Crippen molar-refractivity contribution in [2.45, 2.75) is 39.2 Å². The fourth-order valence-corrected chi connectivity index (χ4v) is 9.25. The molecule has 4 amide bonds. The van der Waals surface area contributed by atoms with Gasteiger partial charge in [0.05, 0.1) is 47.0 Å². The van der Waals surface area contributed by atoms with E-state index in [-0.39, 0.29) is 64.5 Å². The molecule has 23 heteroatoms. The summed E-state index contributed by atoms with van der Waals surface area (Å²) in [6.45, 7) is 8.17. The number of nitro groups is 1. The smallest absolute Gasteiger partial charge is 0.348 e. The van der Waals surface area contributed by atoms with Gasteiger partial charge in [0, 0.05) is 94.0 Å². The number of ether oxygens (including phenoxy) is 2. The fraction of sp³-hybridized carbons (Fsp3) is 0.347. The van der Waals surface area contributed by atoms with E-state index in [0.717, 1.165) is 41.5 Å². The first-order valence-corrected chi connectivity index (χ1v) is 24.2. The van der Waals surface area contributed by atoms with Gasteiger partial charge in [0.15, 0.2) is 10.9 Å². The molecule has 8 rings (SSSR count). The molecule has 0 atom stereocenters. The van der Waals surface area contributed by atoms with Gasteiger partial charge in [-0.25, -0.2) is 13.8 Å². The molecule has 0 aliphatic carbocycles. The Hall–Kier alpha value is -7.60. The minimum Gasteiger partial charge on any atom is -0.383 e. The van der Waals surface area contributed by atoms with Crippen molar-refractivity contribution in [1.29, 1.82) is 0 Å². The van der Waals surface area contributed by atoms with Gasteiger partial charge in [-0.2, -0.15) is 5.10 Å². The first-order chi connectivity index (χ1) is 34.7. The Labute approximate surface area is 416 Å². The molecule has 378 valence electrons. The minimum absolute atomic E-state index is 0.0631. The van der Waals surface area contributed by atoms with E-state index in [2.05, 4.69) is 56.9 Å². The lowest BCUT2D eigenvalue weighted by molar-refractivity contribution is -0.380. The van der Waals surface area contributed by atoms with E-state index in [4.69, 9.17) is 9.47 Å². The first-order valence-electron chi connectivity index (χ1n) is 23.4. The van der Waals surface area contributed by atoms with Crippen molar-refractivity contribution in [3.63, 3.8) is 0 Å². The Kier molecular flexibility index (Phi) is 16.6. The molecule has 20 nitrogen and oxygen atoms in total. The zero-order valence-electron chi connectivity index (χ0n) is 39.6. The van der Waals surface area contributed by atoms with Crippen LogP contribution in [0.5, 0.6) is 0 Å². The average Bonchev–Trinajstić information content (AvgIpc) is 3.92. The van der Waals surface area contributed by atoms with E-state index in [1.54, 1.807) is 18.2 Å². The lowest BCUT2D eigenvalue weighted by Crippen LogP contribution is -2.49. The van der Waals surface area contributed by atoms with Crippen LogP contribution < -0.4 is 36.8 Å². The van der Waals surface area contributed by atoms with Crippen LogP contribution in [0.25, 0.3) is 10.9 Å². The lowest BCUT2D eigenvalue weighted by Gasteiger charge is -2.36. The third-order valence-electron chi connectivity index (χ3n) is 12.0. The van der Waals surface area contributed by atoms with E-state index in [1.165, 1.54) is 32.0 Å². The van der Waals surface area contributed by atoms with Crippen molar-refractivity contribution in [3.05, 3.63) is 122 Å². The lowest BCUT2D eigenvalue weighted by atomic mass is 10.0. The van der Waals surface area contributed by atoms with Gasteiger partial charge in [-0.15, -0.1) is 0 Å². The van der Waals surface area contributed by atoms with Gasteiger partial charge in [0.1, 0.15) is 17.3 Å². The summed E-state index contributed by atoms with van der Waals surface area (Å²) in [5, 5.41) is 37.0. The number of nitrogens with one attached hydrogen (secondary N) is 7. The number of rotatable bonds is 20. The van der Waals surface area contributed by atoms with E-state index < -0.39 is 28.4 Å². The number of aromatic nitrogens is 3. The van der Waals surface area contributed by atoms with Crippen molar-refractivity contribution in [2.75, 3.05) is 104 Å². The Morgan fingerprint density at radius 1 is 0.861 bits per heavy atom. The molecule has 6 aromatic rings. The number of nitrogens with zero attached hydrogens (tertiary/aromatic N) is 5. The number of benzene rings is 4. The summed E-state index contributed by atoms with van der Waals surface area (Å²) in [7, 11) is 0. The number of aryl methyl sites for hydroxylation is 1. The van der Waals surface area contributed by atoms with Gasteiger partial charge in [0.25, 0.3) is 11.8 Å². The predicted octanol–water partition coefficient (Wildman–Crippen LogP) is 6.53. The highest BCUT2D eigenvalue weighted by Gasteiger charge is 2.25. The predicted molar refractivity (Wildman–Crippen MR) is 270 cm³/mol. The number of fused-ring (bicyclic) bond motifs is 1. The standard InChI is InChI=1S/C49H54F2N12O8S/c1-29-48(63(68)69)72-49(54-29)58-47(67)38-6-4-36(26-42(38)55-30(2)64)52-11-19-71-20-12-53-44(65)28-61-13-15-62(16-14-61)37-5-7-39(43(27-37)56-35-9-17-70-18-10-35)46(66)57-45-40-24-31(3-8-41(40)59-60-45)21-32-22-33(50)25-34(51)23-32/h3-8,22-27,35,52,56H,9-21,28H2,1-2H3,(H,53,65)(H,55,64)(H,54,58,67)(H2,57,59,60,66). The molecule has 0 saturated carbocycles. The molecule has 4 heterocycles. The molecule has 7 N–H and O–H groups in total. The number of hydrogen-bond acceptors (Lipinski definition) is 15. The maximum absolute atomic E-state index is 14.0. The van der Waals surface area contributed by atoms with Gasteiger partial charge in [0.2, 0.25) is 11.8 Å². The molecule has 2 aromatic heterocycles. The topological polar surface area (TPSA) is 250 Å². The second kappa shape index (κ2) is 23.5. The van der Waals surface area contributed by atoms with Crippen molar-refractivity contribution < 1.29 is 42.4 Å². The summed E-state index contributed by atoms with van der Waals surface area (Å²) in [5.74, 6) is -2.43. The summed E-state index contributed by atoms with van der Waals surface area (Å²) in [6, 6.07) is 19.5. The number of anilines is 6. The molecule has 2 saturated heterocycles. The van der Waals surface area contributed by atoms with E-state index in [0.29, 0.717) is 98.3 Å². The van der Waals surface area contributed by atoms with Crippen molar-refractivity contribution in [3.8, 4) is 0 Å². The number of thiazole rings is 1. The Morgan fingerprint density at radius 2 is 1.58 bits per heavy atom. The Bertz CT molecular complexity index is 2940. The van der Waals surface area contributed by atoms with Crippen molar-refractivity contribution >= 4 is 84.6 Å². The first kappa shape index (κ1) is 50.8.